The van der Waals surface area contributed by atoms with E-state index < -0.39 is 46.2 Å². The van der Waals surface area contributed by atoms with Crippen LogP contribution in [0.3, 0.4) is 0 Å². The molecule has 1 heterocycles. The minimum atomic E-state index is -2.86. The molecule has 3 aromatic rings. The van der Waals surface area contributed by atoms with Gasteiger partial charge in [-0.1, -0.05) is 92.1 Å². The maximum Gasteiger partial charge on any atom is 0.335 e. The van der Waals surface area contributed by atoms with Gasteiger partial charge in [0.15, 0.2) is 5.78 Å². The summed E-state index contributed by atoms with van der Waals surface area (Å²) in [6.45, 7) is 18.0. The van der Waals surface area contributed by atoms with Crippen molar-refractivity contribution >= 4 is 58.5 Å². The number of carbonyl (C=O) groups is 6. The van der Waals surface area contributed by atoms with Crippen molar-refractivity contribution in [3.05, 3.63) is 83.4 Å². The quantitative estimate of drug-likeness (QED) is 0.0398. The maximum atomic E-state index is 14.1. The van der Waals surface area contributed by atoms with Gasteiger partial charge in [-0.25, -0.2) is 14.5 Å². The number of carboxylic acid groups (broad SMARTS) is 1. The number of likely N-dealkylation sites (N-methyl/N-ethyl adjacent to an activating group) is 1. The fraction of sp³-hybridized carbons (Fsp3) is 0.455. The third-order valence-corrected chi connectivity index (χ3v) is 11.2. The summed E-state index contributed by atoms with van der Waals surface area (Å²) in [5, 5.41) is 14.6. The number of ether oxygens (including phenoxy) is 2. The number of halogens is 1. The molecule has 3 aromatic carbocycles. The van der Waals surface area contributed by atoms with Gasteiger partial charge in [0.05, 0.1) is 12.2 Å². The van der Waals surface area contributed by atoms with Gasteiger partial charge in [-0.2, -0.15) is 0 Å². The molecular formula is C44H55ClN4O9. The second-order valence-electron chi connectivity index (χ2n) is 16.8. The number of carbonyl (C=O) groups excluding carboxylic acids is 5. The van der Waals surface area contributed by atoms with Crippen molar-refractivity contribution < 1.29 is 43.3 Å². The summed E-state index contributed by atoms with van der Waals surface area (Å²) in [4.78, 5) is 78.1. The number of hydrogen-bond acceptors (Lipinski definition) is 8. The molecule has 0 saturated carbocycles. The van der Waals surface area contributed by atoms with Crippen LogP contribution in [0.2, 0.25) is 0 Å². The number of hydrogen-bond donors (Lipinski definition) is 3. The summed E-state index contributed by atoms with van der Waals surface area (Å²) in [6.07, 6.45) is 0.879. The summed E-state index contributed by atoms with van der Waals surface area (Å²) in [5.41, 5.74) is 1.41. The second-order valence-corrected chi connectivity index (χ2v) is 17.3. The van der Waals surface area contributed by atoms with E-state index in [-0.39, 0.29) is 40.2 Å². The van der Waals surface area contributed by atoms with E-state index >= 15 is 0 Å². The van der Waals surface area contributed by atoms with Crippen LogP contribution in [-0.2, 0) is 30.0 Å². The number of carboxylic acids is 1. The number of Topliss-reactive ketones (excluding diaryl/α,β-unsaturated/α-hetero) is 1. The van der Waals surface area contributed by atoms with Crippen molar-refractivity contribution in [1.29, 1.82) is 0 Å². The van der Waals surface area contributed by atoms with Gasteiger partial charge in [-0.05, 0) is 84.2 Å². The first kappa shape index (κ1) is 45.3. The van der Waals surface area contributed by atoms with Crippen LogP contribution < -0.4 is 20.1 Å². The molecule has 1 fully saturated rings. The molecular weight excluding hydrogens is 764 g/mol. The van der Waals surface area contributed by atoms with Crippen molar-refractivity contribution in [1.82, 2.24) is 9.80 Å². The Kier molecular flexibility index (Phi) is 13.7. The number of nitrogens with one attached hydrogen (secondary N) is 2. The van der Waals surface area contributed by atoms with Gasteiger partial charge < -0.3 is 25.2 Å². The summed E-state index contributed by atoms with van der Waals surface area (Å²) in [5.74, 6) is -3.85. The van der Waals surface area contributed by atoms with Crippen LogP contribution in [0.1, 0.15) is 109 Å². The fourth-order valence-electron chi connectivity index (χ4n) is 6.18. The highest BCUT2D eigenvalue weighted by Crippen LogP contribution is 2.40. The van der Waals surface area contributed by atoms with Crippen molar-refractivity contribution in [2.45, 2.75) is 110 Å². The van der Waals surface area contributed by atoms with Crippen LogP contribution in [0.4, 0.5) is 16.2 Å². The number of aromatic carboxylic acids is 1. The standard InChI is InChI=1S/C44H55ClN4O9/c1-11-42(6,7)28-20-23-33(32(25-28)43(8,9)12-2)57-24-14-17-34(50)46-29-15-13-16-30(26-29)47-39(55)44(45,38(54)41(3,4)5)49-35(51)36(48(10)40(49)56)58-31-21-18-27(19-22-31)37(52)53/h13,15-16,18-23,25-26,36H,11-12,14,17,24H2,1-10H3,(H,46,50)(H,47,55)(H,52,53). The van der Waals surface area contributed by atoms with E-state index in [1.54, 1.807) is 12.1 Å². The summed E-state index contributed by atoms with van der Waals surface area (Å²) in [7, 11) is 1.24. The zero-order valence-electron chi connectivity index (χ0n) is 34.9. The molecule has 0 radical (unpaired) electrons. The average molecular weight is 819 g/mol. The van der Waals surface area contributed by atoms with Crippen molar-refractivity contribution in [3.63, 3.8) is 0 Å². The van der Waals surface area contributed by atoms with Gasteiger partial charge in [0.1, 0.15) is 11.5 Å². The summed E-state index contributed by atoms with van der Waals surface area (Å²) >= 11 is 6.87. The van der Waals surface area contributed by atoms with Crippen molar-refractivity contribution in [3.8, 4) is 11.5 Å². The topological polar surface area (TPSA) is 172 Å². The molecule has 1 saturated heterocycles. The monoisotopic (exact) mass is 818 g/mol. The Morgan fingerprint density at radius 3 is 2.00 bits per heavy atom. The molecule has 1 aliphatic heterocycles. The first-order valence-electron chi connectivity index (χ1n) is 19.3. The number of imide groups is 1. The molecule has 0 bridgehead atoms. The number of urea groups is 1. The zero-order valence-corrected chi connectivity index (χ0v) is 35.7. The SMILES string of the molecule is CCC(C)(C)c1ccc(OCCCC(=O)Nc2cccc(NC(=O)C(Cl)(C(=O)C(C)(C)C)N3C(=O)C(Oc4ccc(C(=O)O)cc4)N(C)C3=O)c2)c(C(C)(C)CC)c1. The lowest BCUT2D eigenvalue weighted by atomic mass is 9.76. The number of rotatable bonds is 17. The van der Waals surface area contributed by atoms with E-state index in [4.69, 9.17) is 21.1 Å². The molecule has 0 spiro atoms. The van der Waals surface area contributed by atoms with Crippen molar-refractivity contribution in [2.24, 2.45) is 5.41 Å². The van der Waals surface area contributed by atoms with Crippen molar-refractivity contribution in [2.75, 3.05) is 24.3 Å². The van der Waals surface area contributed by atoms with Gasteiger partial charge in [-0.3, -0.25) is 24.1 Å². The van der Waals surface area contributed by atoms with Crippen LogP contribution >= 0.6 is 11.6 Å². The second kappa shape index (κ2) is 17.6. The molecule has 5 amide bonds. The maximum absolute atomic E-state index is 14.1. The van der Waals surface area contributed by atoms with Crippen LogP contribution in [0.15, 0.2) is 66.7 Å². The Morgan fingerprint density at radius 1 is 0.828 bits per heavy atom. The van der Waals surface area contributed by atoms with Gasteiger partial charge in [0.2, 0.25) is 5.91 Å². The van der Waals surface area contributed by atoms with E-state index in [1.165, 1.54) is 69.8 Å². The molecule has 0 aliphatic carbocycles. The third kappa shape index (κ3) is 9.81. The van der Waals surface area contributed by atoms with Gasteiger partial charge in [0, 0.05) is 35.8 Å². The molecule has 312 valence electrons. The van der Waals surface area contributed by atoms with Gasteiger partial charge in [-0.15, -0.1) is 0 Å². The first-order valence-corrected chi connectivity index (χ1v) is 19.7. The predicted molar refractivity (Wildman–Crippen MR) is 222 cm³/mol. The minimum Gasteiger partial charge on any atom is -0.493 e. The fourth-order valence-corrected chi connectivity index (χ4v) is 6.66. The molecule has 1 aliphatic rings. The Morgan fingerprint density at radius 2 is 1.43 bits per heavy atom. The number of benzene rings is 3. The van der Waals surface area contributed by atoms with Crippen LogP contribution in [0.5, 0.6) is 11.5 Å². The highest BCUT2D eigenvalue weighted by Gasteiger charge is 2.63. The molecule has 2 unspecified atom stereocenters. The van der Waals surface area contributed by atoms with Crippen LogP contribution in [0.25, 0.3) is 0 Å². The number of anilines is 2. The molecule has 14 heteroatoms. The zero-order chi connectivity index (χ0) is 43.4. The predicted octanol–water partition coefficient (Wildman–Crippen LogP) is 8.35. The molecule has 3 N–H and O–H groups in total. The molecule has 58 heavy (non-hydrogen) atoms. The Bertz CT molecular complexity index is 2060. The summed E-state index contributed by atoms with van der Waals surface area (Å²) in [6, 6.07) is 16.5. The first-order chi connectivity index (χ1) is 27.0. The van der Waals surface area contributed by atoms with E-state index in [1.807, 2.05) is 6.07 Å². The lowest BCUT2D eigenvalue weighted by Gasteiger charge is -2.35. The Labute approximate surface area is 345 Å². The molecule has 13 nitrogen and oxygen atoms in total. The van der Waals surface area contributed by atoms with E-state index in [2.05, 4.69) is 64.3 Å². The van der Waals surface area contributed by atoms with Crippen LogP contribution in [0, 0.1) is 5.41 Å². The summed E-state index contributed by atoms with van der Waals surface area (Å²) < 4.78 is 11.9. The lowest BCUT2D eigenvalue weighted by molar-refractivity contribution is -0.148. The number of nitrogens with zero attached hydrogens (tertiary/aromatic N) is 2. The third-order valence-electron chi connectivity index (χ3n) is 10.7. The van der Waals surface area contributed by atoms with E-state index in [0.29, 0.717) is 23.6 Å². The normalized spacial score (nSPS) is 15.8. The average Bonchev–Trinajstić information content (AvgIpc) is 3.38. The molecule has 0 aromatic heterocycles. The van der Waals surface area contributed by atoms with E-state index in [0.717, 1.165) is 29.1 Å². The number of alkyl halides is 1. The highest BCUT2D eigenvalue weighted by atomic mass is 35.5. The smallest absolute Gasteiger partial charge is 0.335 e. The number of amides is 5. The lowest BCUT2D eigenvalue weighted by Crippen LogP contribution is -2.63. The number of ketones is 1. The van der Waals surface area contributed by atoms with Gasteiger partial charge in [0.25, 0.3) is 23.0 Å². The van der Waals surface area contributed by atoms with Crippen LogP contribution in [-0.4, -0.2) is 75.3 Å². The largest absolute Gasteiger partial charge is 0.493 e. The Balaban J connectivity index is 1.46. The van der Waals surface area contributed by atoms with E-state index in [9.17, 15) is 33.9 Å². The minimum absolute atomic E-state index is 0.0242. The highest BCUT2D eigenvalue weighted by molar-refractivity contribution is 6.50. The van der Waals surface area contributed by atoms with Gasteiger partial charge >= 0.3 is 12.0 Å². The molecule has 2 atom stereocenters. The molecule has 4 rings (SSSR count). The Hall–Kier alpha value is -5.43.